The largest absolute Gasteiger partial charge is 0.297 e. The van der Waals surface area contributed by atoms with Gasteiger partial charge in [0.1, 0.15) is 0 Å². The number of benzene rings is 1. The number of para-hydroxylation sites is 1. The fourth-order valence-corrected chi connectivity index (χ4v) is 4.71. The van der Waals surface area contributed by atoms with Crippen molar-refractivity contribution in [3.63, 3.8) is 0 Å². The Bertz CT molecular complexity index is 1290. The lowest BCUT2D eigenvalue weighted by Gasteiger charge is -2.09. The number of thioether (sulfide) groups is 1. The Morgan fingerprint density at radius 2 is 2.00 bits per heavy atom. The number of hydrogen-bond donors (Lipinski definition) is 0. The van der Waals surface area contributed by atoms with Crippen molar-refractivity contribution < 1.29 is 4.79 Å². The minimum atomic E-state index is -0.209. The van der Waals surface area contributed by atoms with Gasteiger partial charge in [0.15, 0.2) is 10.8 Å². The molecule has 0 unspecified atom stereocenters. The molecule has 1 amide bonds. The average molecular weight is 457 g/mol. The molecule has 0 fully saturated rings. The molecule has 4 rings (SSSR count). The predicted molar refractivity (Wildman–Crippen MR) is 119 cm³/mol. The van der Waals surface area contributed by atoms with Crippen molar-refractivity contribution in [3.8, 4) is 11.4 Å². The van der Waals surface area contributed by atoms with Gasteiger partial charge in [-0.1, -0.05) is 30.0 Å². The first-order chi connectivity index (χ1) is 14.9. The van der Waals surface area contributed by atoms with E-state index in [-0.39, 0.29) is 11.5 Å². The third-order valence-corrected chi connectivity index (χ3v) is 6.74. The molecule has 3 heterocycles. The maximum Gasteiger partial charge on any atom is 0.297 e. The van der Waals surface area contributed by atoms with E-state index in [0.29, 0.717) is 21.7 Å². The van der Waals surface area contributed by atoms with Gasteiger partial charge in [0.2, 0.25) is 11.1 Å². The van der Waals surface area contributed by atoms with Crippen LogP contribution in [-0.2, 0) is 17.6 Å². The molecule has 0 spiro atoms. The summed E-state index contributed by atoms with van der Waals surface area (Å²) in [6.07, 6.45) is 0. The highest BCUT2D eigenvalue weighted by Gasteiger charge is 2.22. The third kappa shape index (κ3) is 3.91. The Hall–Kier alpha value is -3.25. The lowest BCUT2D eigenvalue weighted by molar-refractivity contribution is -0.116. The van der Waals surface area contributed by atoms with Crippen LogP contribution in [0.4, 0.5) is 5.13 Å². The second kappa shape index (κ2) is 8.47. The predicted octanol–water partition coefficient (Wildman–Crippen LogP) is 2.19. The summed E-state index contributed by atoms with van der Waals surface area (Å²) in [6.45, 7) is 3.35. The Morgan fingerprint density at radius 3 is 2.71 bits per heavy atom. The molecule has 0 saturated heterocycles. The maximum atomic E-state index is 13.2. The molecule has 4 aromatic rings. The molecule has 0 aliphatic heterocycles. The van der Waals surface area contributed by atoms with Crippen LogP contribution < -0.4 is 10.5 Å². The van der Waals surface area contributed by atoms with E-state index in [0.717, 1.165) is 17.1 Å². The van der Waals surface area contributed by atoms with Crippen LogP contribution in [0, 0.1) is 6.92 Å². The van der Waals surface area contributed by atoms with Crippen LogP contribution in [0.15, 0.2) is 45.7 Å². The number of aromatic nitrogens is 7. The first-order valence-electron chi connectivity index (χ1n) is 9.32. The highest BCUT2D eigenvalue weighted by atomic mass is 32.2. The summed E-state index contributed by atoms with van der Waals surface area (Å²) in [4.78, 5) is 30.7. The number of hydrogen-bond acceptors (Lipinski definition) is 8. The van der Waals surface area contributed by atoms with Gasteiger partial charge in [-0.05, 0) is 29.5 Å². The summed E-state index contributed by atoms with van der Waals surface area (Å²) >= 11 is 2.77. The van der Waals surface area contributed by atoms with Gasteiger partial charge >= 0.3 is 0 Å². The molecule has 10 nitrogen and oxygen atoms in total. The van der Waals surface area contributed by atoms with Crippen LogP contribution in [0.5, 0.6) is 0 Å². The van der Waals surface area contributed by atoms with Crippen LogP contribution in [0.1, 0.15) is 18.3 Å². The molecule has 0 aliphatic carbocycles. The molecular weight excluding hydrogens is 436 g/mol. The summed E-state index contributed by atoms with van der Waals surface area (Å²) in [7, 11) is 3.52. The van der Waals surface area contributed by atoms with Crippen LogP contribution >= 0.6 is 23.1 Å². The SMILES string of the molecule is CC(=O)N(C)c1nc(CSc2nnnn2-c2c(C)n(C)n(-c3ccccc3)c2=O)cs1. The maximum absolute atomic E-state index is 13.2. The number of tetrazole rings is 1. The third-order valence-electron chi connectivity index (χ3n) is 4.82. The number of nitrogens with zero attached hydrogens (tertiary/aromatic N) is 8. The monoisotopic (exact) mass is 456 g/mol. The normalized spacial score (nSPS) is 11.1. The number of carbonyl (C=O) groups is 1. The summed E-state index contributed by atoms with van der Waals surface area (Å²) < 4.78 is 4.84. The molecule has 160 valence electrons. The van der Waals surface area contributed by atoms with Crippen molar-refractivity contribution in [2.24, 2.45) is 7.05 Å². The van der Waals surface area contributed by atoms with E-state index in [9.17, 15) is 9.59 Å². The molecule has 0 radical (unpaired) electrons. The molecule has 0 atom stereocenters. The number of rotatable bonds is 6. The molecule has 0 saturated carbocycles. The standard InChI is InChI=1S/C19H20N8O2S2/c1-12-16(17(29)27(25(12)4)15-8-6-5-7-9-15)26-19(21-22-23-26)31-11-14-10-30-18(20-14)24(3)13(2)28/h5-10H,11H2,1-4H3. The summed E-state index contributed by atoms with van der Waals surface area (Å²) in [5, 5.41) is 14.9. The molecule has 0 N–H and O–H groups in total. The minimum absolute atomic E-state index is 0.0771. The molecule has 0 bridgehead atoms. The second-order valence-electron chi connectivity index (χ2n) is 6.77. The van der Waals surface area contributed by atoms with E-state index >= 15 is 0 Å². The summed E-state index contributed by atoms with van der Waals surface area (Å²) in [5.74, 6) is 0.424. The molecule has 12 heteroatoms. The lowest BCUT2D eigenvalue weighted by Crippen LogP contribution is -2.22. The smallest absolute Gasteiger partial charge is 0.292 e. The Kier molecular flexibility index (Phi) is 5.74. The van der Waals surface area contributed by atoms with Gasteiger partial charge in [0, 0.05) is 32.2 Å². The summed E-state index contributed by atoms with van der Waals surface area (Å²) in [6, 6.07) is 9.41. The van der Waals surface area contributed by atoms with Crippen molar-refractivity contribution in [3.05, 3.63) is 57.5 Å². The van der Waals surface area contributed by atoms with Crippen LogP contribution in [0.25, 0.3) is 11.4 Å². The zero-order valence-corrected chi connectivity index (χ0v) is 19.0. The first kappa shape index (κ1) is 21.0. The topological polar surface area (TPSA) is 104 Å². The summed E-state index contributed by atoms with van der Waals surface area (Å²) in [5.41, 5.74) is 2.49. The van der Waals surface area contributed by atoms with Crippen LogP contribution in [0.3, 0.4) is 0 Å². The van der Waals surface area contributed by atoms with Crippen molar-refractivity contribution >= 4 is 34.1 Å². The number of carbonyl (C=O) groups excluding carboxylic acids is 1. The highest BCUT2D eigenvalue weighted by Crippen LogP contribution is 2.26. The zero-order valence-electron chi connectivity index (χ0n) is 17.4. The van der Waals surface area contributed by atoms with Gasteiger partial charge in [0.25, 0.3) is 5.56 Å². The number of anilines is 1. The van der Waals surface area contributed by atoms with Gasteiger partial charge in [0.05, 0.1) is 17.1 Å². The average Bonchev–Trinajstić information content (AvgIpc) is 3.46. The van der Waals surface area contributed by atoms with Gasteiger partial charge in [-0.3, -0.25) is 19.2 Å². The van der Waals surface area contributed by atoms with Crippen molar-refractivity contribution in [1.29, 1.82) is 0 Å². The quantitative estimate of drug-likeness (QED) is 0.410. The van der Waals surface area contributed by atoms with Crippen molar-refractivity contribution in [2.45, 2.75) is 24.8 Å². The molecule has 31 heavy (non-hydrogen) atoms. The second-order valence-corrected chi connectivity index (χ2v) is 8.55. The Morgan fingerprint density at radius 1 is 1.26 bits per heavy atom. The molecule has 0 aliphatic rings. The van der Waals surface area contributed by atoms with E-state index in [2.05, 4.69) is 20.5 Å². The van der Waals surface area contributed by atoms with E-state index in [1.165, 1.54) is 39.6 Å². The van der Waals surface area contributed by atoms with Gasteiger partial charge < -0.3 is 0 Å². The molecular formula is C19H20N8O2S2. The van der Waals surface area contributed by atoms with Gasteiger partial charge in [-0.2, -0.15) is 4.68 Å². The van der Waals surface area contributed by atoms with E-state index < -0.39 is 0 Å². The zero-order chi connectivity index (χ0) is 22.1. The van der Waals surface area contributed by atoms with Gasteiger partial charge in [-0.15, -0.1) is 16.4 Å². The first-order valence-corrected chi connectivity index (χ1v) is 11.2. The number of thiazole rings is 1. The fraction of sp³-hybridized carbons (Fsp3) is 0.263. The van der Waals surface area contributed by atoms with Crippen molar-refractivity contribution in [1.82, 2.24) is 34.6 Å². The highest BCUT2D eigenvalue weighted by molar-refractivity contribution is 7.98. The van der Waals surface area contributed by atoms with E-state index in [4.69, 9.17) is 0 Å². The fourth-order valence-electron chi connectivity index (χ4n) is 3.00. The van der Waals surface area contributed by atoms with Crippen LogP contribution in [0.2, 0.25) is 0 Å². The Labute approximate surface area is 186 Å². The van der Waals surface area contributed by atoms with Crippen LogP contribution in [-0.4, -0.2) is 47.5 Å². The van der Waals surface area contributed by atoms with Gasteiger partial charge in [-0.25, -0.2) is 9.67 Å². The lowest BCUT2D eigenvalue weighted by atomic mass is 10.3. The van der Waals surface area contributed by atoms with E-state index in [1.54, 1.807) is 16.4 Å². The molecule has 3 aromatic heterocycles. The molecule has 1 aromatic carbocycles. The Balaban J connectivity index is 1.63. The minimum Gasteiger partial charge on any atom is -0.292 e. The van der Waals surface area contributed by atoms with E-state index in [1.807, 2.05) is 49.7 Å². The number of amides is 1. The van der Waals surface area contributed by atoms with Crippen molar-refractivity contribution in [2.75, 3.05) is 11.9 Å².